The smallest absolute Gasteiger partial charge is 0.230 e. The van der Waals surface area contributed by atoms with Gasteiger partial charge in [-0.05, 0) is 48.2 Å². The lowest BCUT2D eigenvalue weighted by atomic mass is 9.83. The largest absolute Gasteiger partial charge is 0.351 e. The van der Waals surface area contributed by atoms with Crippen molar-refractivity contribution in [1.29, 1.82) is 0 Å². The second kappa shape index (κ2) is 7.32. The summed E-state index contributed by atoms with van der Waals surface area (Å²) in [5, 5.41) is 6.27. The SMILES string of the molecule is CC(C)(C(=O)NCc1ccc2c(c1)CNC2)c1cccc(F)c1.Cl. The third-order valence-electron chi connectivity index (χ3n) is 4.47. The first-order chi connectivity index (χ1) is 11.0. The molecule has 24 heavy (non-hydrogen) atoms. The number of rotatable bonds is 4. The van der Waals surface area contributed by atoms with Gasteiger partial charge in [-0.2, -0.15) is 0 Å². The molecule has 1 aliphatic rings. The molecule has 0 saturated heterocycles. The molecular weight excluding hydrogens is 327 g/mol. The minimum absolute atomic E-state index is 0. The number of benzene rings is 2. The van der Waals surface area contributed by atoms with Crippen molar-refractivity contribution >= 4 is 18.3 Å². The van der Waals surface area contributed by atoms with Crippen LogP contribution in [0, 0.1) is 5.82 Å². The van der Waals surface area contributed by atoms with Crippen molar-refractivity contribution in [3.63, 3.8) is 0 Å². The summed E-state index contributed by atoms with van der Waals surface area (Å²) in [7, 11) is 0. The van der Waals surface area contributed by atoms with Crippen molar-refractivity contribution in [2.75, 3.05) is 0 Å². The van der Waals surface area contributed by atoms with Gasteiger partial charge >= 0.3 is 0 Å². The van der Waals surface area contributed by atoms with Crippen LogP contribution < -0.4 is 10.6 Å². The molecule has 0 aromatic heterocycles. The fourth-order valence-electron chi connectivity index (χ4n) is 2.87. The molecule has 1 amide bonds. The van der Waals surface area contributed by atoms with E-state index in [0.717, 1.165) is 18.7 Å². The van der Waals surface area contributed by atoms with E-state index in [2.05, 4.69) is 22.8 Å². The molecule has 0 atom stereocenters. The Hall–Kier alpha value is -1.91. The molecule has 0 aliphatic carbocycles. The topological polar surface area (TPSA) is 41.1 Å². The molecule has 0 spiro atoms. The summed E-state index contributed by atoms with van der Waals surface area (Å²) in [4.78, 5) is 12.5. The molecule has 0 bridgehead atoms. The van der Waals surface area contributed by atoms with Crippen molar-refractivity contribution < 1.29 is 9.18 Å². The second-order valence-corrected chi connectivity index (χ2v) is 6.52. The van der Waals surface area contributed by atoms with Crippen molar-refractivity contribution in [2.24, 2.45) is 0 Å². The van der Waals surface area contributed by atoms with Crippen LogP contribution in [0.15, 0.2) is 42.5 Å². The summed E-state index contributed by atoms with van der Waals surface area (Å²) in [6.45, 7) is 5.89. The first kappa shape index (κ1) is 18.4. The lowest BCUT2D eigenvalue weighted by Gasteiger charge is -2.24. The Balaban J connectivity index is 0.00000208. The van der Waals surface area contributed by atoms with Gasteiger partial charge in [0.25, 0.3) is 0 Å². The van der Waals surface area contributed by atoms with E-state index in [4.69, 9.17) is 0 Å². The molecule has 0 saturated carbocycles. The molecule has 2 N–H and O–H groups in total. The average molecular weight is 349 g/mol. The number of hydrogen-bond donors (Lipinski definition) is 2. The number of carbonyl (C=O) groups excluding carboxylic acids is 1. The minimum Gasteiger partial charge on any atom is -0.351 e. The fraction of sp³-hybridized carbons (Fsp3) is 0.316. The van der Waals surface area contributed by atoms with E-state index in [0.29, 0.717) is 12.1 Å². The second-order valence-electron chi connectivity index (χ2n) is 6.52. The first-order valence-electron chi connectivity index (χ1n) is 7.82. The van der Waals surface area contributed by atoms with Crippen LogP contribution >= 0.6 is 12.4 Å². The lowest BCUT2D eigenvalue weighted by Crippen LogP contribution is -2.39. The van der Waals surface area contributed by atoms with Gasteiger partial charge in [0.2, 0.25) is 5.91 Å². The van der Waals surface area contributed by atoms with Crippen LogP contribution in [0.3, 0.4) is 0 Å². The first-order valence-corrected chi connectivity index (χ1v) is 7.82. The molecule has 1 heterocycles. The number of fused-ring (bicyclic) bond motifs is 1. The van der Waals surface area contributed by atoms with E-state index in [9.17, 15) is 9.18 Å². The van der Waals surface area contributed by atoms with Gasteiger partial charge in [0, 0.05) is 19.6 Å². The maximum atomic E-state index is 13.4. The zero-order valence-electron chi connectivity index (χ0n) is 13.9. The zero-order chi connectivity index (χ0) is 16.4. The van der Waals surface area contributed by atoms with Crippen LogP contribution in [-0.4, -0.2) is 5.91 Å². The van der Waals surface area contributed by atoms with Gasteiger partial charge in [-0.3, -0.25) is 4.79 Å². The quantitative estimate of drug-likeness (QED) is 0.888. The molecule has 0 unspecified atom stereocenters. The van der Waals surface area contributed by atoms with Gasteiger partial charge in [-0.25, -0.2) is 4.39 Å². The van der Waals surface area contributed by atoms with Crippen molar-refractivity contribution in [3.05, 3.63) is 70.5 Å². The van der Waals surface area contributed by atoms with E-state index in [1.54, 1.807) is 12.1 Å². The lowest BCUT2D eigenvalue weighted by molar-refractivity contribution is -0.125. The van der Waals surface area contributed by atoms with Crippen molar-refractivity contribution in [2.45, 2.75) is 38.9 Å². The fourth-order valence-corrected chi connectivity index (χ4v) is 2.87. The summed E-state index contributed by atoms with van der Waals surface area (Å²) in [5.41, 5.74) is 3.59. The maximum absolute atomic E-state index is 13.4. The molecule has 0 radical (unpaired) electrons. The van der Waals surface area contributed by atoms with Gasteiger partial charge in [-0.1, -0.05) is 30.3 Å². The highest BCUT2D eigenvalue weighted by Gasteiger charge is 2.29. The summed E-state index contributed by atoms with van der Waals surface area (Å²) in [6.07, 6.45) is 0. The van der Waals surface area contributed by atoms with Crippen LogP contribution in [0.4, 0.5) is 4.39 Å². The monoisotopic (exact) mass is 348 g/mol. The van der Waals surface area contributed by atoms with Crippen molar-refractivity contribution in [3.8, 4) is 0 Å². The van der Waals surface area contributed by atoms with Gasteiger partial charge in [-0.15, -0.1) is 12.4 Å². The van der Waals surface area contributed by atoms with E-state index >= 15 is 0 Å². The van der Waals surface area contributed by atoms with Crippen LogP contribution in [0.1, 0.15) is 36.1 Å². The number of carbonyl (C=O) groups is 1. The third kappa shape index (κ3) is 3.77. The van der Waals surface area contributed by atoms with Gasteiger partial charge in [0.15, 0.2) is 0 Å². The van der Waals surface area contributed by atoms with Crippen LogP contribution in [-0.2, 0) is 29.8 Å². The van der Waals surface area contributed by atoms with E-state index in [-0.39, 0.29) is 24.1 Å². The van der Waals surface area contributed by atoms with E-state index in [1.165, 1.54) is 23.3 Å². The Labute approximate surface area is 148 Å². The average Bonchev–Trinajstić information content (AvgIpc) is 3.00. The summed E-state index contributed by atoms with van der Waals surface area (Å²) >= 11 is 0. The van der Waals surface area contributed by atoms with Crippen molar-refractivity contribution in [1.82, 2.24) is 10.6 Å². The van der Waals surface area contributed by atoms with Crippen LogP contribution in [0.5, 0.6) is 0 Å². The van der Waals surface area contributed by atoms with Crippen LogP contribution in [0.2, 0.25) is 0 Å². The summed E-state index contributed by atoms with van der Waals surface area (Å²) in [6, 6.07) is 12.5. The highest BCUT2D eigenvalue weighted by Crippen LogP contribution is 2.24. The van der Waals surface area contributed by atoms with Gasteiger partial charge in [0.1, 0.15) is 5.82 Å². The molecule has 0 fully saturated rings. The highest BCUT2D eigenvalue weighted by atomic mass is 35.5. The summed E-state index contributed by atoms with van der Waals surface area (Å²) < 4.78 is 13.4. The predicted octanol–water partition coefficient (Wildman–Crippen LogP) is 3.44. The Morgan fingerprint density at radius 1 is 1.17 bits per heavy atom. The normalized spacial score (nSPS) is 13.1. The van der Waals surface area contributed by atoms with E-state index < -0.39 is 5.41 Å². The molecule has 3 rings (SSSR count). The predicted molar refractivity (Wildman–Crippen MR) is 95.5 cm³/mol. The Bertz CT molecular complexity index is 746. The van der Waals surface area contributed by atoms with Crippen LogP contribution in [0.25, 0.3) is 0 Å². The standard InChI is InChI=1S/C19H21FN2O.ClH/c1-19(2,16-4-3-5-17(20)9-16)18(23)22-10-13-6-7-14-11-21-12-15(14)8-13;/h3-9,21H,10-12H2,1-2H3,(H,22,23);1H. The molecule has 2 aromatic rings. The van der Waals surface area contributed by atoms with E-state index in [1.807, 2.05) is 19.9 Å². The number of amides is 1. The molecule has 128 valence electrons. The Morgan fingerprint density at radius 2 is 1.92 bits per heavy atom. The molecule has 5 heteroatoms. The third-order valence-corrected chi connectivity index (χ3v) is 4.47. The molecule has 1 aliphatic heterocycles. The summed E-state index contributed by atoms with van der Waals surface area (Å²) in [5.74, 6) is -0.434. The number of hydrogen-bond acceptors (Lipinski definition) is 2. The molecule has 2 aromatic carbocycles. The molecular formula is C19H22ClFN2O. The maximum Gasteiger partial charge on any atom is 0.230 e. The van der Waals surface area contributed by atoms with Gasteiger partial charge < -0.3 is 10.6 Å². The highest BCUT2D eigenvalue weighted by molar-refractivity contribution is 5.87. The number of nitrogens with one attached hydrogen (secondary N) is 2. The minimum atomic E-state index is -0.777. The van der Waals surface area contributed by atoms with Gasteiger partial charge in [0.05, 0.1) is 5.41 Å². The Morgan fingerprint density at radius 3 is 2.67 bits per heavy atom. The number of halogens is 2. The zero-order valence-corrected chi connectivity index (χ0v) is 14.7. The molecule has 3 nitrogen and oxygen atoms in total. The Kier molecular flexibility index (Phi) is 5.62.